The summed E-state index contributed by atoms with van der Waals surface area (Å²) >= 11 is 0. The second-order valence-electron chi connectivity index (χ2n) is 1.82. The summed E-state index contributed by atoms with van der Waals surface area (Å²) in [5.41, 5.74) is 0. The zero-order chi connectivity index (χ0) is 6.95. The van der Waals surface area contributed by atoms with E-state index in [0.29, 0.717) is 0 Å². The molecule has 0 aliphatic rings. The average molecular weight is 220 g/mol. The molecule has 0 saturated carbocycles. The van der Waals surface area contributed by atoms with E-state index < -0.39 is 0 Å². The number of unbranched alkanes of at least 4 members (excludes halogenated alkanes) is 1. The fraction of sp³-hybridized carbons (Fsp3) is 0.333. The molecule has 0 spiro atoms. The van der Waals surface area contributed by atoms with Crippen molar-refractivity contribution in [3.63, 3.8) is 0 Å². The van der Waals surface area contributed by atoms with E-state index in [0.717, 1.165) is 6.42 Å². The summed E-state index contributed by atoms with van der Waals surface area (Å²) in [4.78, 5) is 0. The Balaban J connectivity index is 0. The van der Waals surface area contributed by atoms with Gasteiger partial charge in [-0.3, -0.25) is 0 Å². The van der Waals surface area contributed by atoms with E-state index in [2.05, 4.69) is 13.8 Å². The maximum Gasteiger partial charge on any atom is -0.172 e. The van der Waals surface area contributed by atoms with Crippen LogP contribution in [0.2, 0.25) is 0 Å². The topological polar surface area (TPSA) is 0 Å². The summed E-state index contributed by atoms with van der Waals surface area (Å²) in [6.07, 6.45) is 2.28. The van der Waals surface area contributed by atoms with E-state index in [1.807, 2.05) is 30.3 Å². The van der Waals surface area contributed by atoms with Crippen LogP contribution in [0.1, 0.15) is 19.8 Å². The third-order valence-corrected chi connectivity index (χ3v) is 0.909. The normalized spacial score (nSPS) is 7.00. The van der Waals surface area contributed by atoms with Gasteiger partial charge in [-0.05, 0) is 0 Å². The first-order valence-corrected chi connectivity index (χ1v) is 3.37. The van der Waals surface area contributed by atoms with Gasteiger partial charge >= 0.3 is 21.1 Å². The third kappa shape index (κ3) is 10.9. The smallest absolute Gasteiger partial charge is 0.172 e. The molecular weight excluding hydrogens is 204 g/mol. The van der Waals surface area contributed by atoms with Crippen molar-refractivity contribution in [3.05, 3.63) is 37.3 Å². The van der Waals surface area contributed by atoms with Gasteiger partial charge < -0.3 is 6.92 Å². The van der Waals surface area contributed by atoms with Gasteiger partial charge in [0.15, 0.2) is 0 Å². The molecule has 0 aliphatic heterocycles. The van der Waals surface area contributed by atoms with E-state index >= 15 is 0 Å². The van der Waals surface area contributed by atoms with Crippen LogP contribution in [0.4, 0.5) is 0 Å². The van der Waals surface area contributed by atoms with Crippen molar-refractivity contribution >= 4 is 0 Å². The summed E-state index contributed by atoms with van der Waals surface area (Å²) in [6, 6.07) is 10.0. The molecule has 1 aromatic rings. The summed E-state index contributed by atoms with van der Waals surface area (Å²) in [5, 5.41) is 0. The first-order chi connectivity index (χ1) is 4.41. The Labute approximate surface area is 78.3 Å². The first-order valence-electron chi connectivity index (χ1n) is 3.37. The van der Waals surface area contributed by atoms with Crippen LogP contribution >= 0.6 is 0 Å². The standard InChI is InChI=1S/C5H5.C4H9.Mo.2H/c1-2-4-5-3-1;1-3-4-2;;;/h1-5H;1,3-4H2,2H3;;;/q2*-1;;;. The van der Waals surface area contributed by atoms with Gasteiger partial charge in [0, 0.05) is 0 Å². The van der Waals surface area contributed by atoms with E-state index in [4.69, 9.17) is 0 Å². The summed E-state index contributed by atoms with van der Waals surface area (Å²) in [6.45, 7) is 5.72. The molecule has 0 heterocycles. The minimum atomic E-state index is 0. The molecular formula is C9H16Mo-2. The molecule has 1 aromatic carbocycles. The van der Waals surface area contributed by atoms with Crippen LogP contribution in [0.15, 0.2) is 30.3 Å². The van der Waals surface area contributed by atoms with Gasteiger partial charge in [0.25, 0.3) is 0 Å². The Kier molecular flexibility index (Phi) is 15.0. The molecule has 0 aliphatic carbocycles. The Hall–Kier alpha value is 0.0383. The quantitative estimate of drug-likeness (QED) is 0.504. The molecule has 0 nitrogen and oxygen atoms in total. The average Bonchev–Trinajstić information content (AvgIpc) is 2.43. The van der Waals surface area contributed by atoms with Gasteiger partial charge in [-0.1, -0.05) is 13.3 Å². The Morgan fingerprint density at radius 1 is 1.30 bits per heavy atom. The second-order valence-corrected chi connectivity index (χ2v) is 1.82. The first kappa shape index (κ1) is 12.7. The molecule has 0 amide bonds. The van der Waals surface area contributed by atoms with Gasteiger partial charge in [0.2, 0.25) is 0 Å². The van der Waals surface area contributed by atoms with E-state index in [-0.39, 0.29) is 21.1 Å². The van der Waals surface area contributed by atoms with Crippen molar-refractivity contribution in [2.45, 2.75) is 19.8 Å². The fourth-order valence-electron chi connectivity index (χ4n) is 0.321. The minimum Gasteiger partial charge on any atom is -0.214 e. The van der Waals surface area contributed by atoms with Crippen molar-refractivity contribution in [3.8, 4) is 0 Å². The molecule has 0 unspecified atom stereocenters. The van der Waals surface area contributed by atoms with Crippen LogP contribution in [0, 0.1) is 6.92 Å². The molecule has 0 atom stereocenters. The molecule has 0 saturated heterocycles. The van der Waals surface area contributed by atoms with Crippen LogP contribution < -0.4 is 0 Å². The third-order valence-electron chi connectivity index (χ3n) is 0.909. The van der Waals surface area contributed by atoms with Crippen LogP contribution in [0.25, 0.3) is 0 Å². The number of hydrogen-bond acceptors (Lipinski definition) is 0. The Bertz CT molecular complexity index is 80.3. The predicted molar refractivity (Wildman–Crippen MR) is 45.1 cm³/mol. The van der Waals surface area contributed by atoms with Crippen LogP contribution in [0.5, 0.6) is 0 Å². The predicted octanol–water partition coefficient (Wildman–Crippen LogP) is 2.49. The molecule has 0 aromatic heterocycles. The van der Waals surface area contributed by atoms with E-state index in [1.165, 1.54) is 6.42 Å². The Morgan fingerprint density at radius 3 is 1.80 bits per heavy atom. The molecule has 0 bridgehead atoms. The van der Waals surface area contributed by atoms with E-state index in [1.54, 1.807) is 0 Å². The SMILES string of the molecule is [CH2-]CCC.[MoH2].c1cc[cH-]c1. The molecule has 0 N–H and O–H groups in total. The van der Waals surface area contributed by atoms with Gasteiger partial charge in [-0.15, -0.1) is 0 Å². The van der Waals surface area contributed by atoms with Crippen LogP contribution in [-0.2, 0) is 21.1 Å². The van der Waals surface area contributed by atoms with Gasteiger partial charge in [0.05, 0.1) is 0 Å². The molecule has 1 heteroatoms. The summed E-state index contributed by atoms with van der Waals surface area (Å²) < 4.78 is 0. The molecule has 0 radical (unpaired) electrons. The fourth-order valence-corrected chi connectivity index (χ4v) is 0.321. The minimum absolute atomic E-state index is 0. The zero-order valence-corrected chi connectivity index (χ0v) is 8.97. The number of hydrogen-bond donors (Lipinski definition) is 0. The van der Waals surface area contributed by atoms with E-state index in [9.17, 15) is 0 Å². The second kappa shape index (κ2) is 11.8. The van der Waals surface area contributed by atoms with Crippen molar-refractivity contribution < 1.29 is 21.1 Å². The molecule has 0 fully saturated rings. The largest absolute Gasteiger partial charge is 0.214 e. The Morgan fingerprint density at radius 2 is 1.70 bits per heavy atom. The van der Waals surface area contributed by atoms with Gasteiger partial charge in [-0.2, -0.15) is 24.6 Å². The van der Waals surface area contributed by atoms with Crippen molar-refractivity contribution in [2.24, 2.45) is 0 Å². The maximum atomic E-state index is 3.60. The monoisotopic (exact) mass is 222 g/mol. The maximum absolute atomic E-state index is 3.60. The van der Waals surface area contributed by atoms with Crippen LogP contribution in [-0.4, -0.2) is 0 Å². The van der Waals surface area contributed by atoms with Gasteiger partial charge in [0.1, 0.15) is 0 Å². The van der Waals surface area contributed by atoms with Crippen molar-refractivity contribution in [1.82, 2.24) is 0 Å². The zero-order valence-electron chi connectivity index (χ0n) is 6.51. The van der Waals surface area contributed by atoms with Gasteiger partial charge in [-0.25, -0.2) is 12.1 Å². The molecule has 60 valence electrons. The number of rotatable bonds is 1. The molecule has 10 heavy (non-hydrogen) atoms. The van der Waals surface area contributed by atoms with Crippen molar-refractivity contribution in [2.75, 3.05) is 0 Å². The van der Waals surface area contributed by atoms with Crippen LogP contribution in [0.3, 0.4) is 0 Å². The molecule has 1 rings (SSSR count). The van der Waals surface area contributed by atoms with Crippen molar-refractivity contribution in [1.29, 1.82) is 0 Å². The summed E-state index contributed by atoms with van der Waals surface area (Å²) in [5.74, 6) is 0. The summed E-state index contributed by atoms with van der Waals surface area (Å²) in [7, 11) is 0.